The van der Waals surface area contributed by atoms with Gasteiger partial charge in [-0.1, -0.05) is 11.6 Å². The summed E-state index contributed by atoms with van der Waals surface area (Å²) < 4.78 is 24.1. The molecule has 5 atom stereocenters. The highest BCUT2D eigenvalue weighted by molar-refractivity contribution is 6.30. The number of aromatic nitrogens is 1. The maximum absolute atomic E-state index is 13.7. The number of pyridine rings is 1. The molecule has 0 aromatic carbocycles. The van der Waals surface area contributed by atoms with Gasteiger partial charge in [-0.05, 0) is 6.07 Å². The van der Waals surface area contributed by atoms with E-state index in [-0.39, 0.29) is 10.8 Å². The fraction of sp³-hybridized carbons (Fsp3) is 0.583. The van der Waals surface area contributed by atoms with Crippen molar-refractivity contribution < 1.29 is 29.2 Å². The molecule has 118 valence electrons. The first-order valence-corrected chi connectivity index (χ1v) is 6.58. The van der Waals surface area contributed by atoms with Gasteiger partial charge in [0.2, 0.25) is 0 Å². The largest absolute Gasteiger partial charge is 0.394 e. The van der Waals surface area contributed by atoms with E-state index in [4.69, 9.17) is 26.2 Å². The Labute approximate surface area is 125 Å². The van der Waals surface area contributed by atoms with Crippen molar-refractivity contribution in [1.82, 2.24) is 4.98 Å². The third-order valence-electron chi connectivity index (χ3n) is 3.22. The summed E-state index contributed by atoms with van der Waals surface area (Å²) in [6.45, 7) is -0.488. The van der Waals surface area contributed by atoms with Crippen LogP contribution >= 0.6 is 11.6 Å². The second-order valence-electron chi connectivity index (χ2n) is 4.60. The van der Waals surface area contributed by atoms with Gasteiger partial charge < -0.3 is 30.1 Å². The number of nitrogens with one attached hydrogen (secondary N) is 1. The van der Waals surface area contributed by atoms with Gasteiger partial charge in [-0.2, -0.15) is 0 Å². The Balaban J connectivity index is 2.20. The van der Waals surface area contributed by atoms with Crippen LogP contribution < -0.4 is 5.32 Å². The zero-order valence-corrected chi connectivity index (χ0v) is 11.9. The SMILES string of the molecule is CO[C@@H]1O[C@H](CO)[C@H](O)[C@H](O)C1Nc1ncc(Cl)cc1F. The molecule has 0 spiro atoms. The Bertz CT molecular complexity index is 493. The topological polar surface area (TPSA) is 104 Å². The second-order valence-corrected chi connectivity index (χ2v) is 5.03. The molecule has 1 aliphatic rings. The summed E-state index contributed by atoms with van der Waals surface area (Å²) in [6.07, 6.45) is -3.46. The fourth-order valence-corrected chi connectivity index (χ4v) is 2.26. The van der Waals surface area contributed by atoms with Crippen LogP contribution in [-0.2, 0) is 9.47 Å². The van der Waals surface area contributed by atoms with Crippen LogP contribution in [0.15, 0.2) is 12.3 Å². The van der Waals surface area contributed by atoms with Gasteiger partial charge in [0, 0.05) is 13.3 Å². The first-order chi connectivity index (χ1) is 9.97. The Hall–Kier alpha value is -1.03. The number of aliphatic hydroxyl groups is 3. The summed E-state index contributed by atoms with van der Waals surface area (Å²) in [6, 6.07) is 0.0813. The van der Waals surface area contributed by atoms with Crippen molar-refractivity contribution in [3.63, 3.8) is 0 Å². The molecule has 1 aromatic rings. The van der Waals surface area contributed by atoms with Crippen molar-refractivity contribution in [3.05, 3.63) is 23.1 Å². The van der Waals surface area contributed by atoms with Gasteiger partial charge >= 0.3 is 0 Å². The summed E-state index contributed by atoms with van der Waals surface area (Å²) in [5, 5.41) is 31.8. The van der Waals surface area contributed by atoms with Crippen LogP contribution in [-0.4, -0.2) is 64.7 Å². The molecule has 1 fully saturated rings. The molecule has 7 nitrogen and oxygen atoms in total. The zero-order chi connectivity index (χ0) is 15.6. The lowest BCUT2D eigenvalue weighted by molar-refractivity contribution is -0.254. The number of ether oxygens (including phenoxy) is 2. The van der Waals surface area contributed by atoms with Crippen LogP contribution in [0.4, 0.5) is 10.2 Å². The van der Waals surface area contributed by atoms with Crippen molar-refractivity contribution in [2.24, 2.45) is 0 Å². The number of nitrogens with zero attached hydrogens (tertiary/aromatic N) is 1. The minimum Gasteiger partial charge on any atom is -0.394 e. The molecule has 0 radical (unpaired) electrons. The molecule has 0 bridgehead atoms. The lowest BCUT2D eigenvalue weighted by Crippen LogP contribution is -2.61. The molecule has 1 saturated heterocycles. The fourth-order valence-electron chi connectivity index (χ4n) is 2.12. The molecule has 2 rings (SSSR count). The number of hydrogen-bond donors (Lipinski definition) is 4. The highest BCUT2D eigenvalue weighted by atomic mass is 35.5. The van der Waals surface area contributed by atoms with E-state index in [9.17, 15) is 14.6 Å². The van der Waals surface area contributed by atoms with Crippen LogP contribution in [0.25, 0.3) is 0 Å². The predicted molar refractivity (Wildman–Crippen MR) is 71.4 cm³/mol. The van der Waals surface area contributed by atoms with E-state index >= 15 is 0 Å². The first kappa shape index (κ1) is 16.3. The van der Waals surface area contributed by atoms with E-state index in [1.165, 1.54) is 13.3 Å². The maximum Gasteiger partial charge on any atom is 0.180 e. The number of halogens is 2. The zero-order valence-electron chi connectivity index (χ0n) is 11.1. The molecule has 21 heavy (non-hydrogen) atoms. The standard InChI is InChI=1S/C12H16ClFN2O5/c1-20-12-8(10(19)9(18)7(4-17)21-12)16-11-6(14)2-5(13)3-15-11/h2-3,7-10,12,17-19H,4H2,1H3,(H,15,16)/t7-,8?,9+,10-,12-/m1/s1. The van der Waals surface area contributed by atoms with E-state index < -0.39 is 43.1 Å². The molecule has 0 amide bonds. The second kappa shape index (κ2) is 6.82. The average molecular weight is 323 g/mol. The minimum absolute atomic E-state index is 0.127. The molecule has 0 saturated carbocycles. The van der Waals surface area contributed by atoms with E-state index in [0.29, 0.717) is 0 Å². The summed E-state index contributed by atoms with van der Waals surface area (Å²) in [7, 11) is 1.32. The van der Waals surface area contributed by atoms with Gasteiger partial charge in [0.05, 0.1) is 11.6 Å². The summed E-state index contributed by atoms with van der Waals surface area (Å²) in [5.41, 5.74) is 0. The first-order valence-electron chi connectivity index (χ1n) is 6.20. The Kier molecular flexibility index (Phi) is 5.31. The van der Waals surface area contributed by atoms with Gasteiger partial charge in [-0.3, -0.25) is 0 Å². The van der Waals surface area contributed by atoms with E-state index in [1.54, 1.807) is 0 Å². The minimum atomic E-state index is -1.35. The third-order valence-corrected chi connectivity index (χ3v) is 3.43. The number of methoxy groups -OCH3 is 1. The summed E-state index contributed by atoms with van der Waals surface area (Å²) >= 11 is 5.61. The highest BCUT2D eigenvalue weighted by Crippen LogP contribution is 2.25. The predicted octanol–water partition coefficient (Wildman–Crippen LogP) is -0.260. The lowest BCUT2D eigenvalue weighted by Gasteiger charge is -2.41. The molecule has 0 aliphatic carbocycles. The van der Waals surface area contributed by atoms with Crippen LogP contribution in [0.2, 0.25) is 5.02 Å². The summed E-state index contributed by atoms with van der Waals surface area (Å²) in [4.78, 5) is 3.77. The molecule has 1 aliphatic heterocycles. The number of aliphatic hydroxyl groups excluding tert-OH is 3. The van der Waals surface area contributed by atoms with Crippen LogP contribution in [0.5, 0.6) is 0 Å². The van der Waals surface area contributed by atoms with Gasteiger partial charge in [-0.15, -0.1) is 0 Å². The third kappa shape index (κ3) is 3.42. The molecule has 9 heteroatoms. The molecule has 4 N–H and O–H groups in total. The van der Waals surface area contributed by atoms with Crippen molar-refractivity contribution >= 4 is 17.4 Å². The smallest absolute Gasteiger partial charge is 0.180 e. The van der Waals surface area contributed by atoms with Crippen LogP contribution in [0.1, 0.15) is 0 Å². The molecular weight excluding hydrogens is 307 g/mol. The Morgan fingerprint density at radius 1 is 1.48 bits per heavy atom. The van der Waals surface area contributed by atoms with E-state index in [0.717, 1.165) is 6.07 Å². The number of anilines is 1. The summed E-state index contributed by atoms with van der Waals surface area (Å²) in [5.74, 6) is -0.882. The van der Waals surface area contributed by atoms with Crippen molar-refractivity contribution in [2.45, 2.75) is 30.6 Å². The van der Waals surface area contributed by atoms with Gasteiger partial charge in [-0.25, -0.2) is 9.37 Å². The van der Waals surface area contributed by atoms with Gasteiger partial charge in [0.1, 0.15) is 24.4 Å². The molecular formula is C12H16ClFN2O5. The van der Waals surface area contributed by atoms with E-state index in [1.807, 2.05) is 0 Å². The Morgan fingerprint density at radius 3 is 2.76 bits per heavy atom. The molecule has 2 heterocycles. The molecule has 1 aromatic heterocycles. The quantitative estimate of drug-likeness (QED) is 0.605. The Morgan fingerprint density at radius 2 is 2.19 bits per heavy atom. The van der Waals surface area contributed by atoms with E-state index in [2.05, 4.69) is 10.3 Å². The van der Waals surface area contributed by atoms with Gasteiger partial charge in [0.15, 0.2) is 17.9 Å². The van der Waals surface area contributed by atoms with Gasteiger partial charge in [0.25, 0.3) is 0 Å². The number of hydrogen-bond acceptors (Lipinski definition) is 7. The average Bonchev–Trinajstić information content (AvgIpc) is 2.46. The van der Waals surface area contributed by atoms with Crippen molar-refractivity contribution in [2.75, 3.05) is 19.0 Å². The lowest BCUT2D eigenvalue weighted by atomic mass is 9.97. The van der Waals surface area contributed by atoms with Crippen molar-refractivity contribution in [3.8, 4) is 0 Å². The van der Waals surface area contributed by atoms with Crippen LogP contribution in [0.3, 0.4) is 0 Å². The number of rotatable bonds is 4. The monoisotopic (exact) mass is 322 g/mol. The molecule has 1 unspecified atom stereocenters. The van der Waals surface area contributed by atoms with Crippen molar-refractivity contribution in [1.29, 1.82) is 0 Å². The van der Waals surface area contributed by atoms with Crippen LogP contribution in [0, 0.1) is 5.82 Å². The normalized spacial score (nSPS) is 33.0. The maximum atomic E-state index is 13.7. The highest BCUT2D eigenvalue weighted by Gasteiger charge is 2.44.